The number of sulfonamides is 1. The SMILES string of the molecule is O=C(NO)c1cnc(N2CCN(S(=O)(=O)c3ccc(-c4cccc(CN5CCOCC5)c4)cc3)CC2)nc1. The molecule has 2 saturated heterocycles. The zero-order valence-corrected chi connectivity index (χ0v) is 21.7. The number of nitrogens with zero attached hydrogens (tertiary/aromatic N) is 5. The molecule has 0 bridgehead atoms. The van der Waals surface area contributed by atoms with Crippen LogP contribution >= 0.6 is 0 Å². The fraction of sp³-hybridized carbons (Fsp3) is 0.346. The molecule has 2 aliphatic heterocycles. The first kappa shape index (κ1) is 26.2. The van der Waals surface area contributed by atoms with Crippen LogP contribution in [0, 0.1) is 0 Å². The molecule has 11 nitrogen and oxygen atoms in total. The van der Waals surface area contributed by atoms with E-state index in [0.29, 0.717) is 19.0 Å². The molecule has 0 unspecified atom stereocenters. The van der Waals surface area contributed by atoms with Gasteiger partial charge in [-0.3, -0.25) is 14.9 Å². The maximum Gasteiger partial charge on any atom is 0.277 e. The van der Waals surface area contributed by atoms with Gasteiger partial charge in [-0.15, -0.1) is 0 Å². The van der Waals surface area contributed by atoms with Gasteiger partial charge in [-0.2, -0.15) is 4.31 Å². The monoisotopic (exact) mass is 538 g/mol. The topological polar surface area (TPSA) is 128 Å². The first-order valence-electron chi connectivity index (χ1n) is 12.4. The van der Waals surface area contributed by atoms with E-state index in [9.17, 15) is 13.2 Å². The molecule has 2 aliphatic rings. The quantitative estimate of drug-likeness (QED) is 0.341. The summed E-state index contributed by atoms with van der Waals surface area (Å²) in [5.41, 5.74) is 4.90. The van der Waals surface area contributed by atoms with E-state index in [-0.39, 0.29) is 23.5 Å². The van der Waals surface area contributed by atoms with Gasteiger partial charge in [0.1, 0.15) is 0 Å². The summed E-state index contributed by atoms with van der Waals surface area (Å²) in [5, 5.41) is 8.71. The third kappa shape index (κ3) is 5.84. The van der Waals surface area contributed by atoms with Gasteiger partial charge in [0.15, 0.2) is 0 Å². The van der Waals surface area contributed by atoms with Crippen LogP contribution in [0.2, 0.25) is 0 Å². The van der Waals surface area contributed by atoms with E-state index in [4.69, 9.17) is 9.94 Å². The Bertz CT molecular complexity index is 1350. The van der Waals surface area contributed by atoms with Crippen molar-refractivity contribution in [3.8, 4) is 11.1 Å². The van der Waals surface area contributed by atoms with E-state index in [1.807, 2.05) is 29.2 Å². The highest BCUT2D eigenvalue weighted by molar-refractivity contribution is 7.89. The normalized spacial score (nSPS) is 17.3. The minimum absolute atomic E-state index is 0.129. The van der Waals surface area contributed by atoms with Crippen molar-refractivity contribution in [3.05, 3.63) is 72.1 Å². The number of hydrogen-bond acceptors (Lipinski definition) is 9. The van der Waals surface area contributed by atoms with Crippen molar-refractivity contribution in [3.63, 3.8) is 0 Å². The second-order valence-electron chi connectivity index (χ2n) is 9.22. The zero-order chi connectivity index (χ0) is 26.5. The summed E-state index contributed by atoms with van der Waals surface area (Å²) < 4.78 is 33.5. The van der Waals surface area contributed by atoms with Crippen molar-refractivity contribution in [2.75, 3.05) is 57.4 Å². The molecule has 2 aromatic carbocycles. The number of aromatic nitrogens is 2. The van der Waals surface area contributed by atoms with Crippen molar-refractivity contribution in [1.82, 2.24) is 24.7 Å². The molecule has 1 amide bonds. The summed E-state index contributed by atoms with van der Waals surface area (Å²) >= 11 is 0. The lowest BCUT2D eigenvalue weighted by Gasteiger charge is -2.34. The number of piperazine rings is 1. The zero-order valence-electron chi connectivity index (χ0n) is 20.9. The van der Waals surface area contributed by atoms with E-state index in [1.54, 1.807) is 12.1 Å². The van der Waals surface area contributed by atoms with E-state index in [1.165, 1.54) is 27.7 Å². The number of carbonyl (C=O) groups is 1. The molecule has 200 valence electrons. The molecule has 0 atom stereocenters. The Hall–Kier alpha value is -3.42. The second kappa shape index (κ2) is 11.5. The highest BCUT2D eigenvalue weighted by Gasteiger charge is 2.29. The lowest BCUT2D eigenvalue weighted by atomic mass is 10.0. The second-order valence-corrected chi connectivity index (χ2v) is 11.2. The molecular weight excluding hydrogens is 508 g/mol. The number of morpholine rings is 1. The van der Waals surface area contributed by atoms with Gasteiger partial charge in [-0.25, -0.2) is 23.9 Å². The summed E-state index contributed by atoms with van der Waals surface area (Å²) in [7, 11) is -3.65. The summed E-state index contributed by atoms with van der Waals surface area (Å²) in [5.74, 6) is -0.295. The Balaban J connectivity index is 1.22. The minimum Gasteiger partial charge on any atom is -0.379 e. The van der Waals surface area contributed by atoms with E-state index >= 15 is 0 Å². The highest BCUT2D eigenvalue weighted by atomic mass is 32.2. The lowest BCUT2D eigenvalue weighted by molar-refractivity contribution is 0.0342. The van der Waals surface area contributed by atoms with Gasteiger partial charge < -0.3 is 9.64 Å². The van der Waals surface area contributed by atoms with Crippen LogP contribution in [-0.4, -0.2) is 91.2 Å². The Morgan fingerprint density at radius 3 is 2.26 bits per heavy atom. The predicted molar refractivity (Wildman–Crippen MR) is 140 cm³/mol. The minimum atomic E-state index is -3.65. The molecule has 3 heterocycles. The number of nitrogens with one attached hydrogen (secondary N) is 1. The molecule has 12 heteroatoms. The molecule has 0 radical (unpaired) electrons. The van der Waals surface area contributed by atoms with Crippen molar-refractivity contribution >= 4 is 21.9 Å². The van der Waals surface area contributed by atoms with Crippen molar-refractivity contribution in [1.29, 1.82) is 0 Å². The van der Waals surface area contributed by atoms with Crippen LogP contribution in [0.15, 0.2) is 65.8 Å². The van der Waals surface area contributed by atoms with Gasteiger partial charge in [0.25, 0.3) is 5.91 Å². The standard InChI is InChI=1S/C26H30N6O5S/c33-25(29-34)23-17-27-26(28-18-23)31-8-10-32(11-9-31)38(35,36)24-6-4-21(5-7-24)22-3-1-2-20(16-22)19-30-12-14-37-15-13-30/h1-7,16-18,34H,8-15,19H2,(H,29,33). The first-order chi connectivity index (χ1) is 18.4. The van der Waals surface area contributed by atoms with Crippen LogP contribution in [-0.2, 0) is 21.3 Å². The van der Waals surface area contributed by atoms with Gasteiger partial charge in [0, 0.05) is 58.2 Å². The third-order valence-electron chi connectivity index (χ3n) is 6.79. The first-order valence-corrected chi connectivity index (χ1v) is 13.9. The van der Waals surface area contributed by atoms with Gasteiger partial charge in [0.05, 0.1) is 23.7 Å². The van der Waals surface area contributed by atoms with Crippen LogP contribution < -0.4 is 10.4 Å². The third-order valence-corrected chi connectivity index (χ3v) is 8.70. The van der Waals surface area contributed by atoms with Crippen molar-refractivity contribution in [2.24, 2.45) is 0 Å². The summed E-state index contributed by atoms with van der Waals surface area (Å²) in [6.45, 7) is 5.64. The van der Waals surface area contributed by atoms with E-state index in [2.05, 4.69) is 27.0 Å². The van der Waals surface area contributed by atoms with Crippen LogP contribution in [0.1, 0.15) is 15.9 Å². The van der Waals surface area contributed by atoms with Crippen molar-refractivity contribution < 1.29 is 23.2 Å². The Morgan fingerprint density at radius 1 is 0.921 bits per heavy atom. The lowest BCUT2D eigenvalue weighted by Crippen LogP contribution is -2.49. The Labute approximate surface area is 221 Å². The molecule has 38 heavy (non-hydrogen) atoms. The number of carbonyl (C=O) groups excluding carboxylic acids is 1. The predicted octanol–water partition coefficient (Wildman–Crippen LogP) is 1.61. The van der Waals surface area contributed by atoms with Crippen LogP contribution in [0.5, 0.6) is 0 Å². The average molecular weight is 539 g/mol. The number of ether oxygens (including phenoxy) is 1. The molecule has 3 aromatic rings. The molecule has 0 spiro atoms. The fourth-order valence-corrected chi connectivity index (χ4v) is 6.05. The molecule has 0 saturated carbocycles. The molecule has 2 N–H and O–H groups in total. The van der Waals surface area contributed by atoms with E-state index in [0.717, 1.165) is 44.0 Å². The van der Waals surface area contributed by atoms with Crippen LogP contribution in [0.25, 0.3) is 11.1 Å². The smallest absolute Gasteiger partial charge is 0.277 e. The summed E-state index contributed by atoms with van der Waals surface area (Å²) in [4.78, 5) is 24.3. The number of hydroxylamine groups is 1. The number of rotatable bonds is 7. The molecule has 0 aliphatic carbocycles. The van der Waals surface area contributed by atoms with Crippen LogP contribution in [0.3, 0.4) is 0 Å². The average Bonchev–Trinajstić information content (AvgIpc) is 2.97. The van der Waals surface area contributed by atoms with Gasteiger partial charge in [0.2, 0.25) is 16.0 Å². The fourth-order valence-electron chi connectivity index (χ4n) is 4.63. The maximum atomic E-state index is 13.3. The number of anilines is 1. The van der Waals surface area contributed by atoms with Crippen molar-refractivity contribution in [2.45, 2.75) is 11.4 Å². The Kier molecular flexibility index (Phi) is 7.95. The molecule has 1 aromatic heterocycles. The number of amides is 1. The van der Waals surface area contributed by atoms with Crippen LogP contribution in [0.4, 0.5) is 5.95 Å². The number of hydrogen-bond donors (Lipinski definition) is 2. The number of benzene rings is 2. The van der Waals surface area contributed by atoms with Gasteiger partial charge in [-0.1, -0.05) is 30.3 Å². The molecular formula is C26H30N6O5S. The largest absolute Gasteiger partial charge is 0.379 e. The van der Waals surface area contributed by atoms with Gasteiger partial charge in [-0.05, 0) is 34.9 Å². The van der Waals surface area contributed by atoms with E-state index < -0.39 is 15.9 Å². The van der Waals surface area contributed by atoms with Gasteiger partial charge >= 0.3 is 0 Å². The summed E-state index contributed by atoms with van der Waals surface area (Å²) in [6, 6.07) is 15.4. The summed E-state index contributed by atoms with van der Waals surface area (Å²) in [6.07, 6.45) is 2.63. The molecule has 2 fully saturated rings. The highest BCUT2D eigenvalue weighted by Crippen LogP contribution is 2.25. The maximum absolute atomic E-state index is 13.3. The molecule has 5 rings (SSSR count). The Morgan fingerprint density at radius 2 is 1.61 bits per heavy atom.